The number of anilines is 1. The van der Waals surface area contributed by atoms with Gasteiger partial charge in [0.1, 0.15) is 0 Å². The number of rotatable bonds is 3. The zero-order valence-corrected chi connectivity index (χ0v) is 11.1. The molecule has 0 saturated carbocycles. The first-order valence-electron chi connectivity index (χ1n) is 6.38. The Hall–Kier alpha value is -2.63. The van der Waals surface area contributed by atoms with E-state index in [2.05, 4.69) is 10.3 Å². The maximum atomic E-state index is 13.7. The van der Waals surface area contributed by atoms with Crippen LogP contribution in [0.1, 0.15) is 18.5 Å². The fourth-order valence-corrected chi connectivity index (χ4v) is 2.22. The summed E-state index contributed by atoms with van der Waals surface area (Å²) in [5.41, 5.74) is 1.87. The van der Waals surface area contributed by atoms with Crippen LogP contribution in [0, 0.1) is 11.6 Å². The standard InChI is InChI=1S/C15H12F2N2O2/c1-8(10-3-2-4-11(16)14(10)17)18-9-5-6-13-12(7-9)19-15(20)21-13/h2-8,18H,1H3,(H,19,20). The minimum absolute atomic E-state index is 0.232. The lowest BCUT2D eigenvalue weighted by molar-refractivity contribution is 0.494. The van der Waals surface area contributed by atoms with E-state index in [1.54, 1.807) is 25.1 Å². The number of H-pyrrole nitrogens is 1. The summed E-state index contributed by atoms with van der Waals surface area (Å²) < 4.78 is 31.9. The Balaban J connectivity index is 1.90. The minimum atomic E-state index is -0.879. The fraction of sp³-hybridized carbons (Fsp3) is 0.133. The third kappa shape index (κ3) is 2.52. The monoisotopic (exact) mass is 290 g/mol. The molecular formula is C15H12F2N2O2. The summed E-state index contributed by atoms with van der Waals surface area (Å²) in [5.74, 6) is -2.28. The van der Waals surface area contributed by atoms with Crippen LogP contribution in [0.5, 0.6) is 0 Å². The van der Waals surface area contributed by atoms with Gasteiger partial charge in [-0.2, -0.15) is 0 Å². The van der Waals surface area contributed by atoms with Crippen molar-refractivity contribution in [3.05, 3.63) is 64.1 Å². The number of aromatic nitrogens is 1. The van der Waals surface area contributed by atoms with Crippen molar-refractivity contribution in [3.8, 4) is 0 Å². The highest BCUT2D eigenvalue weighted by molar-refractivity contribution is 5.76. The molecule has 6 heteroatoms. The van der Waals surface area contributed by atoms with Crippen molar-refractivity contribution in [1.82, 2.24) is 4.98 Å². The Kier molecular flexibility index (Phi) is 3.21. The second kappa shape index (κ2) is 5.05. The molecule has 0 spiro atoms. The molecule has 0 bridgehead atoms. The first-order valence-corrected chi connectivity index (χ1v) is 6.38. The number of nitrogens with one attached hydrogen (secondary N) is 2. The predicted molar refractivity (Wildman–Crippen MR) is 75.2 cm³/mol. The van der Waals surface area contributed by atoms with Gasteiger partial charge >= 0.3 is 5.76 Å². The molecule has 1 heterocycles. The highest BCUT2D eigenvalue weighted by Gasteiger charge is 2.14. The van der Waals surface area contributed by atoms with Crippen LogP contribution in [-0.4, -0.2) is 4.98 Å². The fourth-order valence-electron chi connectivity index (χ4n) is 2.22. The van der Waals surface area contributed by atoms with Gasteiger partial charge < -0.3 is 9.73 Å². The van der Waals surface area contributed by atoms with Crippen LogP contribution in [0.3, 0.4) is 0 Å². The van der Waals surface area contributed by atoms with Gasteiger partial charge in [0.2, 0.25) is 0 Å². The lowest BCUT2D eigenvalue weighted by atomic mass is 10.1. The molecular weight excluding hydrogens is 278 g/mol. The molecule has 4 nitrogen and oxygen atoms in total. The van der Waals surface area contributed by atoms with Crippen LogP contribution < -0.4 is 11.1 Å². The predicted octanol–water partition coefficient (Wildman–Crippen LogP) is 3.57. The number of oxazole rings is 1. The molecule has 2 aromatic carbocycles. The molecule has 3 rings (SSSR count). The van der Waals surface area contributed by atoms with Gasteiger partial charge in [0, 0.05) is 11.3 Å². The van der Waals surface area contributed by atoms with Gasteiger partial charge in [0.15, 0.2) is 17.2 Å². The number of aromatic amines is 1. The Morgan fingerprint density at radius 3 is 2.86 bits per heavy atom. The molecule has 3 aromatic rings. The Labute approximate surface area is 118 Å². The molecule has 0 aliphatic heterocycles. The number of benzene rings is 2. The first-order chi connectivity index (χ1) is 10.0. The van der Waals surface area contributed by atoms with Crippen molar-refractivity contribution < 1.29 is 13.2 Å². The van der Waals surface area contributed by atoms with E-state index in [-0.39, 0.29) is 5.56 Å². The van der Waals surface area contributed by atoms with Crippen molar-refractivity contribution in [2.24, 2.45) is 0 Å². The third-order valence-corrected chi connectivity index (χ3v) is 3.25. The Morgan fingerprint density at radius 1 is 1.24 bits per heavy atom. The van der Waals surface area contributed by atoms with Crippen molar-refractivity contribution in [2.75, 3.05) is 5.32 Å². The lowest BCUT2D eigenvalue weighted by Crippen LogP contribution is -2.09. The van der Waals surface area contributed by atoms with Crippen LogP contribution in [0.25, 0.3) is 11.1 Å². The molecule has 0 saturated heterocycles. The average Bonchev–Trinajstić information content (AvgIpc) is 2.81. The lowest BCUT2D eigenvalue weighted by Gasteiger charge is -2.16. The summed E-state index contributed by atoms with van der Waals surface area (Å²) in [6.45, 7) is 1.72. The average molecular weight is 290 g/mol. The molecule has 0 aliphatic rings. The topological polar surface area (TPSA) is 58.0 Å². The van der Waals surface area contributed by atoms with Crippen molar-refractivity contribution in [1.29, 1.82) is 0 Å². The Bertz CT molecular complexity index is 854. The SMILES string of the molecule is CC(Nc1ccc2oc(=O)[nH]c2c1)c1cccc(F)c1F. The van der Waals surface area contributed by atoms with Gasteiger partial charge in [0.05, 0.1) is 11.6 Å². The summed E-state index contributed by atoms with van der Waals surface area (Å²) in [6, 6.07) is 8.63. The summed E-state index contributed by atoms with van der Waals surface area (Å²) in [5, 5.41) is 3.06. The normalized spacial score (nSPS) is 12.5. The molecule has 0 radical (unpaired) electrons. The molecule has 0 aliphatic carbocycles. The largest absolute Gasteiger partial charge is 0.417 e. The van der Waals surface area contributed by atoms with E-state index in [9.17, 15) is 13.6 Å². The van der Waals surface area contributed by atoms with Gasteiger partial charge in [-0.15, -0.1) is 0 Å². The van der Waals surface area contributed by atoms with E-state index in [0.717, 1.165) is 6.07 Å². The first kappa shape index (κ1) is 13.4. The molecule has 2 N–H and O–H groups in total. The van der Waals surface area contributed by atoms with Gasteiger partial charge in [-0.1, -0.05) is 12.1 Å². The van der Waals surface area contributed by atoms with Gasteiger partial charge in [-0.05, 0) is 31.2 Å². The van der Waals surface area contributed by atoms with Crippen molar-refractivity contribution in [2.45, 2.75) is 13.0 Å². The summed E-state index contributed by atoms with van der Waals surface area (Å²) in [4.78, 5) is 13.6. The van der Waals surface area contributed by atoms with Crippen LogP contribution in [0.15, 0.2) is 45.6 Å². The highest BCUT2D eigenvalue weighted by Crippen LogP contribution is 2.24. The zero-order valence-electron chi connectivity index (χ0n) is 11.1. The molecule has 1 aromatic heterocycles. The van der Waals surface area contributed by atoms with Crippen molar-refractivity contribution >= 4 is 16.8 Å². The van der Waals surface area contributed by atoms with E-state index in [0.29, 0.717) is 16.8 Å². The van der Waals surface area contributed by atoms with E-state index in [1.807, 2.05) is 0 Å². The van der Waals surface area contributed by atoms with Gasteiger partial charge in [0.25, 0.3) is 0 Å². The zero-order chi connectivity index (χ0) is 15.0. The summed E-state index contributed by atoms with van der Waals surface area (Å²) in [7, 11) is 0. The molecule has 0 fully saturated rings. The number of hydrogen-bond donors (Lipinski definition) is 2. The highest BCUT2D eigenvalue weighted by atomic mass is 19.2. The minimum Gasteiger partial charge on any atom is -0.408 e. The summed E-state index contributed by atoms with van der Waals surface area (Å²) >= 11 is 0. The van der Waals surface area contributed by atoms with Crippen LogP contribution in [-0.2, 0) is 0 Å². The maximum absolute atomic E-state index is 13.7. The smallest absolute Gasteiger partial charge is 0.408 e. The van der Waals surface area contributed by atoms with Crippen LogP contribution in [0.2, 0.25) is 0 Å². The number of fused-ring (bicyclic) bond motifs is 1. The number of hydrogen-bond acceptors (Lipinski definition) is 3. The maximum Gasteiger partial charge on any atom is 0.417 e. The molecule has 21 heavy (non-hydrogen) atoms. The summed E-state index contributed by atoms with van der Waals surface area (Å²) in [6.07, 6.45) is 0. The number of halogens is 2. The molecule has 1 unspecified atom stereocenters. The quantitative estimate of drug-likeness (QED) is 0.775. The van der Waals surface area contributed by atoms with Crippen molar-refractivity contribution in [3.63, 3.8) is 0 Å². The van der Waals surface area contributed by atoms with Gasteiger partial charge in [-0.25, -0.2) is 13.6 Å². The second-order valence-electron chi connectivity index (χ2n) is 4.73. The Morgan fingerprint density at radius 2 is 2.05 bits per heavy atom. The van der Waals surface area contributed by atoms with E-state index in [4.69, 9.17) is 4.42 Å². The third-order valence-electron chi connectivity index (χ3n) is 3.25. The van der Waals surface area contributed by atoms with E-state index in [1.165, 1.54) is 12.1 Å². The molecule has 0 amide bonds. The van der Waals surface area contributed by atoms with E-state index >= 15 is 0 Å². The van der Waals surface area contributed by atoms with E-state index < -0.39 is 23.4 Å². The molecule has 1 atom stereocenters. The second-order valence-corrected chi connectivity index (χ2v) is 4.73. The van der Waals surface area contributed by atoms with Gasteiger partial charge in [-0.3, -0.25) is 4.98 Å². The van der Waals surface area contributed by atoms with Crippen LogP contribution in [0.4, 0.5) is 14.5 Å². The van der Waals surface area contributed by atoms with Crippen LogP contribution >= 0.6 is 0 Å². The molecule has 108 valence electrons.